The molecule has 12 heavy (non-hydrogen) atoms. The summed E-state index contributed by atoms with van der Waals surface area (Å²) in [4.78, 5) is 0. The first-order valence-corrected chi connectivity index (χ1v) is 4.15. The van der Waals surface area contributed by atoms with Crippen molar-refractivity contribution in [1.82, 2.24) is 0 Å². The van der Waals surface area contributed by atoms with E-state index >= 15 is 0 Å². The highest BCUT2D eigenvalue weighted by molar-refractivity contribution is 6.31. The summed E-state index contributed by atoms with van der Waals surface area (Å²) in [6.07, 6.45) is -3.67. The van der Waals surface area contributed by atoms with Gasteiger partial charge >= 0.3 is 6.18 Å². The van der Waals surface area contributed by atoms with Gasteiger partial charge in [-0.2, -0.15) is 13.2 Å². The Bertz CT molecular complexity index is 172. The highest BCUT2D eigenvalue weighted by Crippen LogP contribution is 2.30. The van der Waals surface area contributed by atoms with E-state index in [1.54, 1.807) is 13.8 Å². The van der Waals surface area contributed by atoms with Crippen LogP contribution < -0.4 is 0 Å². The average molecular weight is 221 g/mol. The predicted molar refractivity (Wildman–Crippen MR) is 44.5 cm³/mol. The van der Waals surface area contributed by atoms with E-state index in [1.807, 2.05) is 0 Å². The molecule has 0 aromatic rings. The van der Waals surface area contributed by atoms with Crippen molar-refractivity contribution in [2.24, 2.45) is 5.92 Å². The summed E-state index contributed by atoms with van der Waals surface area (Å²) in [6, 6.07) is 0. The van der Waals surface area contributed by atoms with Crippen LogP contribution in [0.5, 0.6) is 0 Å². The first-order chi connectivity index (χ1) is 5.25. The third-order valence-electron chi connectivity index (χ3n) is 1.21. The normalized spacial score (nSPS) is 16.8. The van der Waals surface area contributed by atoms with Gasteiger partial charge in [-0.05, 0) is 12.0 Å². The van der Waals surface area contributed by atoms with E-state index in [4.69, 9.17) is 23.2 Å². The molecule has 1 unspecified atom stereocenters. The van der Waals surface area contributed by atoms with E-state index < -0.39 is 16.6 Å². The van der Waals surface area contributed by atoms with Gasteiger partial charge in [-0.15, -0.1) is 11.6 Å². The lowest BCUT2D eigenvalue weighted by Gasteiger charge is -2.10. The molecular formula is C7H9Cl2F3. The van der Waals surface area contributed by atoms with Gasteiger partial charge in [0.1, 0.15) is 5.03 Å². The third-order valence-corrected chi connectivity index (χ3v) is 2.18. The van der Waals surface area contributed by atoms with Crippen molar-refractivity contribution >= 4 is 23.2 Å². The Morgan fingerprint density at radius 3 is 2.00 bits per heavy atom. The molecule has 0 N–H and O–H groups in total. The largest absolute Gasteiger partial charge is 0.426 e. The van der Waals surface area contributed by atoms with Crippen LogP contribution in [-0.4, -0.2) is 11.6 Å². The predicted octanol–water partition coefficient (Wildman–Crippen LogP) is 3.93. The Hall–Kier alpha value is 0.110. The Kier molecular flexibility index (Phi) is 4.42. The van der Waals surface area contributed by atoms with Crippen LogP contribution >= 0.6 is 23.2 Å². The molecule has 72 valence electrons. The lowest BCUT2D eigenvalue weighted by molar-refractivity contribution is -0.0847. The quantitative estimate of drug-likeness (QED) is 0.619. The first kappa shape index (κ1) is 12.1. The molecule has 0 heterocycles. The molecule has 0 radical (unpaired) electrons. The van der Waals surface area contributed by atoms with Crippen molar-refractivity contribution < 1.29 is 13.2 Å². The average Bonchev–Trinajstić information content (AvgIpc) is 1.85. The molecule has 0 aromatic carbocycles. The second kappa shape index (κ2) is 4.38. The molecule has 0 aliphatic rings. The van der Waals surface area contributed by atoms with Crippen molar-refractivity contribution in [3.63, 3.8) is 0 Å². The molecule has 0 fully saturated rings. The van der Waals surface area contributed by atoms with Crippen LogP contribution in [0.15, 0.2) is 11.1 Å². The van der Waals surface area contributed by atoms with Crippen molar-refractivity contribution in [2.75, 3.05) is 0 Å². The monoisotopic (exact) mass is 220 g/mol. The fraction of sp³-hybridized carbons (Fsp3) is 0.714. The first-order valence-electron chi connectivity index (χ1n) is 3.33. The molecule has 0 aromatic heterocycles. The van der Waals surface area contributed by atoms with Crippen LogP contribution in [-0.2, 0) is 0 Å². The zero-order valence-corrected chi connectivity index (χ0v) is 8.13. The molecule has 1 atom stereocenters. The lowest BCUT2D eigenvalue weighted by Crippen LogP contribution is -2.11. The minimum absolute atomic E-state index is 0.0669. The summed E-state index contributed by atoms with van der Waals surface area (Å²) in [7, 11) is 0. The van der Waals surface area contributed by atoms with Crippen LogP contribution in [0.4, 0.5) is 13.2 Å². The number of alkyl halides is 4. The zero-order chi connectivity index (χ0) is 9.94. The highest BCUT2D eigenvalue weighted by atomic mass is 35.5. The Balaban J connectivity index is 4.36. The van der Waals surface area contributed by atoms with Crippen LogP contribution in [0.3, 0.4) is 0 Å². The summed E-state index contributed by atoms with van der Waals surface area (Å²) in [5.74, 6) is -0.0669. The molecule has 5 heteroatoms. The molecular weight excluding hydrogens is 212 g/mol. The van der Waals surface area contributed by atoms with Gasteiger partial charge in [0.05, 0.1) is 5.38 Å². The number of hydrogen-bond donors (Lipinski definition) is 0. The number of hydrogen-bond acceptors (Lipinski definition) is 0. The summed E-state index contributed by atoms with van der Waals surface area (Å²) >= 11 is 10.5. The Labute approximate surface area is 79.3 Å². The standard InChI is InChI=1S/C7H9Cl2F3/c1-4(2)5(8)3-6(9)7(10,11)12/h3-5H,1-2H3. The van der Waals surface area contributed by atoms with E-state index in [1.165, 1.54) is 0 Å². The van der Waals surface area contributed by atoms with E-state index in [0.717, 1.165) is 6.08 Å². The maximum atomic E-state index is 11.8. The summed E-state index contributed by atoms with van der Waals surface area (Å²) in [6.45, 7) is 3.43. The topological polar surface area (TPSA) is 0 Å². The van der Waals surface area contributed by atoms with Crippen molar-refractivity contribution in [3.05, 3.63) is 11.1 Å². The van der Waals surface area contributed by atoms with Gasteiger partial charge in [0, 0.05) is 0 Å². The van der Waals surface area contributed by atoms with E-state index in [-0.39, 0.29) is 5.92 Å². The van der Waals surface area contributed by atoms with E-state index in [2.05, 4.69) is 0 Å². The lowest BCUT2D eigenvalue weighted by atomic mass is 10.1. The minimum Gasteiger partial charge on any atom is -0.165 e. The van der Waals surface area contributed by atoms with Gasteiger partial charge in [0.15, 0.2) is 0 Å². The van der Waals surface area contributed by atoms with Gasteiger partial charge in [-0.25, -0.2) is 0 Å². The van der Waals surface area contributed by atoms with Crippen LogP contribution in [0.25, 0.3) is 0 Å². The SMILES string of the molecule is CC(C)C(Cl)C=C(Cl)C(F)(F)F. The fourth-order valence-corrected chi connectivity index (χ4v) is 0.753. The van der Waals surface area contributed by atoms with Gasteiger partial charge in [-0.1, -0.05) is 25.4 Å². The Morgan fingerprint density at radius 1 is 1.33 bits per heavy atom. The van der Waals surface area contributed by atoms with Crippen molar-refractivity contribution in [3.8, 4) is 0 Å². The van der Waals surface area contributed by atoms with Crippen LogP contribution in [0, 0.1) is 5.92 Å². The van der Waals surface area contributed by atoms with E-state index in [9.17, 15) is 13.2 Å². The summed E-state index contributed by atoms with van der Waals surface area (Å²) in [5, 5.41) is -1.84. The minimum atomic E-state index is -4.48. The number of rotatable bonds is 2. The maximum Gasteiger partial charge on any atom is 0.426 e. The smallest absolute Gasteiger partial charge is 0.165 e. The molecule has 0 amide bonds. The number of allylic oxidation sites excluding steroid dienone is 2. The van der Waals surface area contributed by atoms with Crippen molar-refractivity contribution in [2.45, 2.75) is 25.4 Å². The molecule has 0 aliphatic heterocycles. The van der Waals surface area contributed by atoms with Gasteiger partial charge in [0.2, 0.25) is 0 Å². The summed E-state index contributed by atoms with van der Waals surface area (Å²) in [5.41, 5.74) is 0. The van der Waals surface area contributed by atoms with Crippen molar-refractivity contribution in [1.29, 1.82) is 0 Å². The molecule has 0 nitrogen and oxygen atoms in total. The number of halogens is 5. The maximum absolute atomic E-state index is 11.8. The summed E-state index contributed by atoms with van der Waals surface area (Å²) < 4.78 is 35.4. The van der Waals surface area contributed by atoms with Crippen LogP contribution in [0.2, 0.25) is 0 Å². The highest BCUT2D eigenvalue weighted by Gasteiger charge is 2.32. The molecule has 0 bridgehead atoms. The molecule has 0 aliphatic carbocycles. The molecule has 0 saturated carbocycles. The fourth-order valence-electron chi connectivity index (χ4n) is 0.427. The molecule has 0 rings (SSSR count). The van der Waals surface area contributed by atoms with Gasteiger partial charge in [0.25, 0.3) is 0 Å². The third kappa shape index (κ3) is 4.21. The molecule has 0 saturated heterocycles. The second-order valence-corrected chi connectivity index (χ2v) is 3.61. The van der Waals surface area contributed by atoms with Gasteiger partial charge in [-0.3, -0.25) is 0 Å². The van der Waals surface area contributed by atoms with Crippen LogP contribution in [0.1, 0.15) is 13.8 Å². The molecule has 0 spiro atoms. The Morgan fingerprint density at radius 2 is 1.75 bits per heavy atom. The van der Waals surface area contributed by atoms with Gasteiger partial charge < -0.3 is 0 Å². The zero-order valence-electron chi connectivity index (χ0n) is 6.62. The van der Waals surface area contributed by atoms with E-state index in [0.29, 0.717) is 0 Å². The second-order valence-electron chi connectivity index (χ2n) is 2.70.